The molecule has 0 spiro atoms. The summed E-state index contributed by atoms with van der Waals surface area (Å²) < 4.78 is 13.1. The van der Waals surface area contributed by atoms with E-state index in [9.17, 15) is 4.79 Å². The number of carbonyl (C=O) groups excluding carboxylic acids is 1. The average Bonchev–Trinajstić information content (AvgIpc) is 3.39. The van der Waals surface area contributed by atoms with Gasteiger partial charge < -0.3 is 9.15 Å². The number of furan rings is 1. The Hall–Kier alpha value is -2.81. The van der Waals surface area contributed by atoms with Crippen LogP contribution < -0.4 is 0 Å². The molecule has 0 fully saturated rings. The van der Waals surface area contributed by atoms with Gasteiger partial charge in [0.1, 0.15) is 5.58 Å². The van der Waals surface area contributed by atoms with E-state index in [1.807, 2.05) is 67.2 Å². The molecule has 2 aromatic carbocycles. The molecule has 0 aliphatic rings. The van der Waals surface area contributed by atoms with E-state index in [-0.39, 0.29) is 18.4 Å². The Labute approximate surface area is 201 Å². The summed E-state index contributed by atoms with van der Waals surface area (Å²) in [5.41, 5.74) is 2.34. The highest BCUT2D eigenvalue weighted by molar-refractivity contribution is 7.98. The molecular weight excluding hydrogens is 460 g/mol. The lowest BCUT2D eigenvalue weighted by atomic mass is 10.1. The van der Waals surface area contributed by atoms with Crippen LogP contribution in [0, 0.1) is 0 Å². The average molecular weight is 485 g/mol. The van der Waals surface area contributed by atoms with Gasteiger partial charge in [-0.25, -0.2) is 4.79 Å². The zero-order chi connectivity index (χ0) is 23.5. The maximum atomic E-state index is 12.6. The number of para-hydroxylation sites is 1. The fourth-order valence-electron chi connectivity index (χ4n) is 3.45. The van der Waals surface area contributed by atoms with Crippen LogP contribution in [0.3, 0.4) is 0 Å². The SMILES string of the molecule is CCOC(=O)c1oc2ccccc2c1CSc1nnc(C(C)N(C)C)n1-c1ccc(Cl)cc1. The first kappa shape index (κ1) is 23.4. The lowest BCUT2D eigenvalue weighted by Gasteiger charge is -2.20. The van der Waals surface area contributed by atoms with E-state index in [0.717, 1.165) is 22.5 Å². The normalized spacial score (nSPS) is 12.4. The molecule has 0 saturated carbocycles. The second-order valence-corrected chi connectivity index (χ2v) is 9.09. The summed E-state index contributed by atoms with van der Waals surface area (Å²) in [4.78, 5) is 14.6. The van der Waals surface area contributed by atoms with Crippen molar-refractivity contribution >= 4 is 40.3 Å². The maximum absolute atomic E-state index is 12.6. The molecule has 0 aliphatic carbocycles. The molecule has 1 unspecified atom stereocenters. The van der Waals surface area contributed by atoms with Crippen LogP contribution in [0.25, 0.3) is 16.7 Å². The third-order valence-electron chi connectivity index (χ3n) is 5.40. The molecule has 1 atom stereocenters. The number of halogens is 1. The van der Waals surface area contributed by atoms with Crippen LogP contribution in [0.1, 0.15) is 41.8 Å². The van der Waals surface area contributed by atoms with E-state index in [0.29, 0.717) is 21.5 Å². The van der Waals surface area contributed by atoms with Crippen molar-refractivity contribution in [3.05, 3.63) is 70.7 Å². The Morgan fingerprint density at radius 3 is 2.61 bits per heavy atom. The van der Waals surface area contributed by atoms with E-state index < -0.39 is 5.97 Å². The summed E-state index contributed by atoms with van der Waals surface area (Å²) in [6, 6.07) is 15.2. The van der Waals surface area contributed by atoms with Crippen molar-refractivity contribution in [1.82, 2.24) is 19.7 Å². The van der Waals surface area contributed by atoms with Crippen LogP contribution in [-0.2, 0) is 10.5 Å². The highest BCUT2D eigenvalue weighted by Gasteiger charge is 2.25. The number of rotatable bonds is 8. The number of nitrogens with zero attached hydrogens (tertiary/aromatic N) is 4. The topological polar surface area (TPSA) is 73.4 Å². The minimum atomic E-state index is -0.467. The number of aromatic nitrogens is 3. The molecule has 0 saturated heterocycles. The Kier molecular flexibility index (Phi) is 7.07. The summed E-state index contributed by atoms with van der Waals surface area (Å²) >= 11 is 7.60. The second-order valence-electron chi connectivity index (χ2n) is 7.71. The van der Waals surface area contributed by atoms with E-state index in [4.69, 9.17) is 20.8 Å². The smallest absolute Gasteiger partial charge is 0.374 e. The molecule has 0 aliphatic heterocycles. The number of hydrogen-bond acceptors (Lipinski definition) is 7. The third kappa shape index (κ3) is 4.78. The predicted octanol–water partition coefficient (Wildman–Crippen LogP) is 5.76. The van der Waals surface area contributed by atoms with Gasteiger partial charge >= 0.3 is 5.97 Å². The standard InChI is InChI=1S/C24H25ClN4O3S/c1-5-31-23(30)21-19(18-8-6-7-9-20(18)32-21)14-33-24-27-26-22(15(2)28(3)4)29(24)17-12-10-16(25)11-13-17/h6-13,15H,5,14H2,1-4H3. The number of benzene rings is 2. The number of esters is 1. The predicted molar refractivity (Wildman–Crippen MR) is 130 cm³/mol. The highest BCUT2D eigenvalue weighted by atomic mass is 35.5. The monoisotopic (exact) mass is 484 g/mol. The Balaban J connectivity index is 1.74. The van der Waals surface area contributed by atoms with Crippen LogP contribution >= 0.6 is 23.4 Å². The number of ether oxygens (including phenoxy) is 1. The molecule has 172 valence electrons. The number of carbonyl (C=O) groups is 1. The lowest BCUT2D eigenvalue weighted by molar-refractivity contribution is 0.0491. The van der Waals surface area contributed by atoms with E-state index >= 15 is 0 Å². The Morgan fingerprint density at radius 2 is 1.91 bits per heavy atom. The van der Waals surface area contributed by atoms with E-state index in [1.165, 1.54) is 11.8 Å². The Morgan fingerprint density at radius 1 is 1.18 bits per heavy atom. The van der Waals surface area contributed by atoms with Crippen molar-refractivity contribution in [2.24, 2.45) is 0 Å². The van der Waals surface area contributed by atoms with Crippen LogP contribution in [0.4, 0.5) is 0 Å². The largest absolute Gasteiger partial charge is 0.460 e. The van der Waals surface area contributed by atoms with Crippen LogP contribution in [0.2, 0.25) is 5.02 Å². The van der Waals surface area contributed by atoms with Gasteiger partial charge in [-0.3, -0.25) is 9.47 Å². The van der Waals surface area contributed by atoms with Crippen molar-refractivity contribution in [3.8, 4) is 5.69 Å². The van der Waals surface area contributed by atoms with Crippen molar-refractivity contribution in [2.45, 2.75) is 30.8 Å². The third-order valence-corrected chi connectivity index (χ3v) is 6.60. The van der Waals surface area contributed by atoms with Gasteiger partial charge in [0.2, 0.25) is 5.76 Å². The molecule has 0 bridgehead atoms. The second kappa shape index (κ2) is 9.99. The fraction of sp³-hybridized carbons (Fsp3) is 0.292. The van der Waals surface area contributed by atoms with Gasteiger partial charge in [-0.05, 0) is 58.3 Å². The van der Waals surface area contributed by atoms with Gasteiger partial charge in [0.05, 0.1) is 12.6 Å². The summed E-state index contributed by atoms with van der Waals surface area (Å²) in [6.07, 6.45) is 0. The van der Waals surface area contributed by atoms with E-state index in [2.05, 4.69) is 22.0 Å². The number of thioether (sulfide) groups is 1. The molecule has 4 rings (SSSR count). The molecule has 2 aromatic heterocycles. The maximum Gasteiger partial charge on any atom is 0.374 e. The van der Waals surface area contributed by atoms with Gasteiger partial charge in [-0.1, -0.05) is 41.6 Å². The van der Waals surface area contributed by atoms with Crippen molar-refractivity contribution in [2.75, 3.05) is 20.7 Å². The van der Waals surface area contributed by atoms with Gasteiger partial charge in [-0.15, -0.1) is 10.2 Å². The molecule has 0 amide bonds. The minimum absolute atomic E-state index is 0.0346. The van der Waals surface area contributed by atoms with Crippen molar-refractivity contribution in [3.63, 3.8) is 0 Å². The van der Waals surface area contributed by atoms with E-state index in [1.54, 1.807) is 6.92 Å². The zero-order valence-corrected chi connectivity index (χ0v) is 20.5. The molecule has 9 heteroatoms. The first-order chi connectivity index (χ1) is 15.9. The first-order valence-electron chi connectivity index (χ1n) is 10.6. The molecular formula is C24H25ClN4O3S. The summed E-state index contributed by atoms with van der Waals surface area (Å²) in [5.74, 6) is 1.04. The summed E-state index contributed by atoms with van der Waals surface area (Å²) in [6.45, 7) is 4.13. The Bertz CT molecular complexity index is 1270. The number of fused-ring (bicyclic) bond motifs is 1. The van der Waals surface area contributed by atoms with Gasteiger partial charge in [0.25, 0.3) is 0 Å². The fourth-order valence-corrected chi connectivity index (χ4v) is 4.56. The molecule has 33 heavy (non-hydrogen) atoms. The van der Waals surface area contributed by atoms with Gasteiger partial charge in [0.15, 0.2) is 11.0 Å². The lowest BCUT2D eigenvalue weighted by Crippen LogP contribution is -2.20. The molecule has 2 heterocycles. The van der Waals surface area contributed by atoms with Crippen LogP contribution in [0.15, 0.2) is 58.1 Å². The zero-order valence-electron chi connectivity index (χ0n) is 18.9. The van der Waals surface area contributed by atoms with Crippen LogP contribution in [-0.4, -0.2) is 46.3 Å². The van der Waals surface area contributed by atoms with Gasteiger partial charge in [-0.2, -0.15) is 0 Å². The minimum Gasteiger partial charge on any atom is -0.460 e. The molecule has 4 aromatic rings. The number of hydrogen-bond donors (Lipinski definition) is 0. The molecule has 7 nitrogen and oxygen atoms in total. The van der Waals surface area contributed by atoms with Crippen molar-refractivity contribution in [1.29, 1.82) is 0 Å². The summed E-state index contributed by atoms with van der Waals surface area (Å²) in [5, 5.41) is 11.2. The summed E-state index contributed by atoms with van der Waals surface area (Å²) in [7, 11) is 4.00. The quantitative estimate of drug-likeness (QED) is 0.232. The van der Waals surface area contributed by atoms with Crippen molar-refractivity contribution < 1.29 is 13.9 Å². The molecule has 0 N–H and O–H groups in total. The first-order valence-corrected chi connectivity index (χ1v) is 11.9. The van der Waals surface area contributed by atoms with Crippen LogP contribution in [0.5, 0.6) is 0 Å². The van der Waals surface area contributed by atoms with Gasteiger partial charge in [0, 0.05) is 27.4 Å². The highest BCUT2D eigenvalue weighted by Crippen LogP contribution is 2.34. The molecule has 0 radical (unpaired) electrons.